The average Bonchev–Trinajstić information content (AvgIpc) is 3.07. The van der Waals surface area contributed by atoms with Crippen LogP contribution < -0.4 is 9.62 Å². The number of hydrogen-bond donors (Lipinski definition) is 1. The van der Waals surface area contributed by atoms with Crippen LogP contribution in [0, 0.1) is 6.92 Å². The Labute approximate surface area is 161 Å². The van der Waals surface area contributed by atoms with Crippen molar-refractivity contribution in [3.63, 3.8) is 0 Å². The number of anilines is 2. The van der Waals surface area contributed by atoms with Gasteiger partial charge in [-0.1, -0.05) is 24.3 Å². The number of hydrogen-bond acceptors (Lipinski definition) is 6. The van der Waals surface area contributed by atoms with Crippen molar-refractivity contribution in [1.29, 1.82) is 0 Å². The van der Waals surface area contributed by atoms with Crippen molar-refractivity contribution in [2.24, 2.45) is 0 Å². The third-order valence-corrected chi connectivity index (χ3v) is 6.45. The molecule has 8 heteroatoms. The molecule has 3 aromatic carbocycles. The predicted molar refractivity (Wildman–Crippen MR) is 111 cm³/mol. The van der Waals surface area contributed by atoms with E-state index in [0.717, 1.165) is 33.9 Å². The van der Waals surface area contributed by atoms with Gasteiger partial charge >= 0.3 is 0 Å². The summed E-state index contributed by atoms with van der Waals surface area (Å²) in [5.74, 6) is 0. The smallest absolute Gasteiger partial charge is 0.262 e. The molecule has 1 N–H and O–H groups in total. The Morgan fingerprint density at radius 1 is 0.963 bits per heavy atom. The minimum absolute atomic E-state index is 0.250. The largest absolute Gasteiger partial charge is 0.377 e. The van der Waals surface area contributed by atoms with Gasteiger partial charge in [-0.05, 0) is 36.8 Å². The average molecular weight is 399 g/mol. The van der Waals surface area contributed by atoms with Crippen LogP contribution in [0.3, 0.4) is 0 Å². The first-order chi connectivity index (χ1) is 12.9. The molecule has 6 nitrogen and oxygen atoms in total. The van der Waals surface area contributed by atoms with Crippen LogP contribution in [0.4, 0.5) is 11.4 Å². The predicted octanol–water partition coefficient (Wildman–Crippen LogP) is 4.02. The van der Waals surface area contributed by atoms with Crippen molar-refractivity contribution in [3.05, 3.63) is 54.1 Å². The van der Waals surface area contributed by atoms with Gasteiger partial charge in [-0.25, -0.2) is 8.42 Å². The van der Waals surface area contributed by atoms with Gasteiger partial charge in [0.1, 0.15) is 11.0 Å². The highest BCUT2D eigenvalue weighted by Gasteiger charge is 2.20. The molecule has 0 aliphatic rings. The molecule has 4 rings (SSSR count). The third kappa shape index (κ3) is 3.11. The highest BCUT2D eigenvalue weighted by molar-refractivity contribution is 7.93. The van der Waals surface area contributed by atoms with Gasteiger partial charge in [-0.2, -0.15) is 8.75 Å². The third-order valence-electron chi connectivity index (χ3n) is 4.47. The second kappa shape index (κ2) is 6.47. The van der Waals surface area contributed by atoms with Crippen molar-refractivity contribution in [3.8, 4) is 0 Å². The number of nitrogens with zero attached hydrogens (tertiary/aromatic N) is 3. The monoisotopic (exact) mass is 398 g/mol. The molecule has 27 heavy (non-hydrogen) atoms. The van der Waals surface area contributed by atoms with E-state index in [1.54, 1.807) is 18.2 Å². The van der Waals surface area contributed by atoms with Gasteiger partial charge in [0.2, 0.25) is 0 Å². The van der Waals surface area contributed by atoms with Crippen LogP contribution in [0.15, 0.2) is 53.4 Å². The summed E-state index contributed by atoms with van der Waals surface area (Å²) in [5.41, 5.74) is 3.72. The molecule has 0 radical (unpaired) electrons. The quantitative estimate of drug-likeness (QED) is 0.562. The number of sulfonamides is 1. The normalized spacial score (nSPS) is 11.8. The van der Waals surface area contributed by atoms with E-state index in [9.17, 15) is 8.42 Å². The number of aromatic nitrogens is 2. The molecular weight excluding hydrogens is 380 g/mol. The fraction of sp³-hybridized carbons (Fsp3) is 0.158. The van der Waals surface area contributed by atoms with Crippen LogP contribution in [0.5, 0.6) is 0 Å². The highest BCUT2D eigenvalue weighted by Crippen LogP contribution is 2.32. The van der Waals surface area contributed by atoms with E-state index in [-0.39, 0.29) is 4.90 Å². The van der Waals surface area contributed by atoms with Crippen molar-refractivity contribution in [2.75, 3.05) is 23.7 Å². The number of aryl methyl sites for hydroxylation is 1. The standard InChI is InChI=1S/C19H18N4O2S2/c1-12-10-16-17(21-26-20-16)11-15(12)22-27(24,25)19-9-5-6-13-14(19)7-4-8-18(13)23(2)3/h4-11,22H,1-3H3. The first-order valence-electron chi connectivity index (χ1n) is 8.31. The molecule has 138 valence electrons. The number of rotatable bonds is 4. The molecule has 0 fully saturated rings. The first kappa shape index (κ1) is 17.7. The van der Waals surface area contributed by atoms with E-state index in [2.05, 4.69) is 13.5 Å². The fourth-order valence-corrected chi connectivity index (χ4v) is 4.99. The summed E-state index contributed by atoms with van der Waals surface area (Å²) in [6.07, 6.45) is 0. The van der Waals surface area contributed by atoms with Crippen LogP contribution in [-0.2, 0) is 10.0 Å². The van der Waals surface area contributed by atoms with E-state index >= 15 is 0 Å². The van der Waals surface area contributed by atoms with Gasteiger partial charge in [0.05, 0.1) is 22.3 Å². The van der Waals surface area contributed by atoms with E-state index in [0.29, 0.717) is 16.6 Å². The van der Waals surface area contributed by atoms with Gasteiger partial charge < -0.3 is 4.90 Å². The molecule has 0 spiro atoms. The van der Waals surface area contributed by atoms with Crippen LogP contribution in [0.25, 0.3) is 21.8 Å². The Kier molecular flexibility index (Phi) is 4.24. The van der Waals surface area contributed by atoms with Crippen molar-refractivity contribution >= 4 is 54.9 Å². The van der Waals surface area contributed by atoms with Crippen LogP contribution in [-0.4, -0.2) is 31.3 Å². The summed E-state index contributed by atoms with van der Waals surface area (Å²) in [6, 6.07) is 14.6. The fourth-order valence-electron chi connectivity index (χ4n) is 3.13. The molecule has 0 bridgehead atoms. The highest BCUT2D eigenvalue weighted by atomic mass is 32.2. The summed E-state index contributed by atoms with van der Waals surface area (Å²) in [4.78, 5) is 2.22. The Hall–Kier alpha value is -2.71. The Bertz CT molecular complexity index is 1260. The Balaban J connectivity index is 1.84. The molecule has 0 saturated carbocycles. The molecule has 0 atom stereocenters. The maximum Gasteiger partial charge on any atom is 0.262 e. The Morgan fingerprint density at radius 3 is 2.37 bits per heavy atom. The van der Waals surface area contributed by atoms with Gasteiger partial charge in [0.15, 0.2) is 0 Å². The lowest BCUT2D eigenvalue weighted by Gasteiger charge is -2.17. The van der Waals surface area contributed by atoms with Crippen molar-refractivity contribution in [2.45, 2.75) is 11.8 Å². The second-order valence-corrected chi connectivity index (χ2v) is 8.73. The molecule has 0 amide bonds. The summed E-state index contributed by atoms with van der Waals surface area (Å²) < 4.78 is 37.4. The molecule has 0 aliphatic carbocycles. The Morgan fingerprint density at radius 2 is 1.63 bits per heavy atom. The lowest BCUT2D eigenvalue weighted by molar-refractivity contribution is 0.602. The molecule has 0 saturated heterocycles. The molecular formula is C19H18N4O2S2. The zero-order chi connectivity index (χ0) is 19.2. The zero-order valence-electron chi connectivity index (χ0n) is 15.1. The number of nitrogens with one attached hydrogen (secondary N) is 1. The second-order valence-electron chi connectivity index (χ2n) is 6.55. The van der Waals surface area contributed by atoms with Crippen molar-refractivity contribution < 1.29 is 8.42 Å². The summed E-state index contributed by atoms with van der Waals surface area (Å²) in [6.45, 7) is 1.85. The lowest BCUT2D eigenvalue weighted by Crippen LogP contribution is -2.15. The first-order valence-corrected chi connectivity index (χ1v) is 10.5. The molecule has 0 unspecified atom stereocenters. The molecule has 0 aliphatic heterocycles. The van der Waals surface area contributed by atoms with Crippen LogP contribution in [0.1, 0.15) is 5.56 Å². The maximum absolute atomic E-state index is 13.2. The summed E-state index contributed by atoms with van der Waals surface area (Å²) >= 11 is 1.11. The van der Waals surface area contributed by atoms with Gasteiger partial charge in [-0.3, -0.25) is 4.72 Å². The molecule has 4 aromatic rings. The topological polar surface area (TPSA) is 75.2 Å². The van der Waals surface area contributed by atoms with Crippen LogP contribution in [0.2, 0.25) is 0 Å². The minimum Gasteiger partial charge on any atom is -0.377 e. The zero-order valence-corrected chi connectivity index (χ0v) is 16.7. The SMILES string of the molecule is Cc1cc2nsnc2cc1NS(=O)(=O)c1cccc2c(N(C)C)cccc12. The van der Waals surface area contributed by atoms with Gasteiger partial charge in [-0.15, -0.1) is 0 Å². The summed E-state index contributed by atoms with van der Waals surface area (Å²) in [7, 11) is 0.108. The maximum atomic E-state index is 13.2. The lowest BCUT2D eigenvalue weighted by atomic mass is 10.1. The van der Waals surface area contributed by atoms with E-state index in [1.807, 2.05) is 56.3 Å². The van der Waals surface area contributed by atoms with Gasteiger partial charge in [0, 0.05) is 30.6 Å². The van der Waals surface area contributed by atoms with E-state index in [4.69, 9.17) is 0 Å². The number of fused-ring (bicyclic) bond motifs is 2. The van der Waals surface area contributed by atoms with E-state index < -0.39 is 10.0 Å². The molecule has 1 heterocycles. The van der Waals surface area contributed by atoms with Gasteiger partial charge in [0.25, 0.3) is 10.0 Å². The molecule has 1 aromatic heterocycles. The van der Waals surface area contributed by atoms with Crippen LogP contribution >= 0.6 is 11.7 Å². The van der Waals surface area contributed by atoms with E-state index in [1.165, 1.54) is 0 Å². The van der Waals surface area contributed by atoms with Crippen molar-refractivity contribution in [1.82, 2.24) is 8.75 Å². The number of benzene rings is 3. The summed E-state index contributed by atoms with van der Waals surface area (Å²) in [5, 5.41) is 1.58. The minimum atomic E-state index is -3.77.